The highest BCUT2D eigenvalue weighted by Crippen LogP contribution is 2.60. The zero-order valence-electron chi connectivity index (χ0n) is 40.4. The van der Waals surface area contributed by atoms with Gasteiger partial charge in [0, 0.05) is 12.8 Å². The van der Waals surface area contributed by atoms with Crippen molar-refractivity contribution in [3.63, 3.8) is 0 Å². The number of unbranched alkanes of at least 4 members (excludes halogenated alkanes) is 8. The third-order valence-electron chi connectivity index (χ3n) is 15.5. The van der Waals surface area contributed by atoms with E-state index in [2.05, 4.69) is 6.92 Å². The molecule has 5 saturated carbocycles. The number of carbonyl (C=O) groups excluding carboxylic acids is 5. The van der Waals surface area contributed by atoms with E-state index in [1.807, 2.05) is 6.92 Å². The number of esters is 5. The van der Waals surface area contributed by atoms with Gasteiger partial charge in [0.25, 0.3) is 0 Å². The van der Waals surface area contributed by atoms with Crippen molar-refractivity contribution < 1.29 is 74.5 Å². The standard InChI is InChI=1S/C49H78F2O14S/c1-7-9-10-11-12-13-14-15-16-19-36(38(52)62-33-49(50,51)66(58,59)60)29-44(5,42(56)65-48-27-34-24-35(28-48)26-46(57,25-34)32-48)31-45(6,41(55)63-37-20-23-61-39(37)53)30-43(3,4)40(54)64-47(8-2)21-17-18-22-47/h34-37,57H,7-33H2,1-6H3,(H,58,59,60). The molecule has 6 atom stereocenters. The Morgan fingerprint density at radius 1 is 0.818 bits per heavy atom. The fourth-order valence-corrected chi connectivity index (χ4v) is 12.8. The molecule has 0 spiro atoms. The highest BCUT2D eigenvalue weighted by atomic mass is 32.2. The van der Waals surface area contributed by atoms with Crippen LogP contribution in [0.1, 0.15) is 202 Å². The Kier molecular flexibility index (Phi) is 17.5. The lowest BCUT2D eigenvalue weighted by Gasteiger charge is -2.59. The van der Waals surface area contributed by atoms with Crippen molar-refractivity contribution in [3.8, 4) is 0 Å². The van der Waals surface area contributed by atoms with E-state index in [9.17, 15) is 46.0 Å². The van der Waals surface area contributed by atoms with E-state index in [1.165, 1.54) is 13.8 Å². The maximum absolute atomic E-state index is 15.3. The van der Waals surface area contributed by atoms with Crippen molar-refractivity contribution >= 4 is 40.0 Å². The summed E-state index contributed by atoms with van der Waals surface area (Å²) in [6.45, 7) is 8.44. The van der Waals surface area contributed by atoms with E-state index in [0.717, 1.165) is 64.2 Å². The van der Waals surface area contributed by atoms with Crippen molar-refractivity contribution in [3.05, 3.63) is 0 Å². The van der Waals surface area contributed by atoms with Gasteiger partial charge in [-0.05, 0) is 129 Å². The normalized spacial score (nSPS) is 28.2. The van der Waals surface area contributed by atoms with Gasteiger partial charge in [-0.3, -0.25) is 23.7 Å². The van der Waals surface area contributed by atoms with Crippen molar-refractivity contribution in [2.75, 3.05) is 13.2 Å². The predicted molar refractivity (Wildman–Crippen MR) is 238 cm³/mol. The molecule has 66 heavy (non-hydrogen) atoms. The molecule has 0 aromatic rings. The number of cyclic esters (lactones) is 1. The van der Waals surface area contributed by atoms with Crippen molar-refractivity contribution in [2.24, 2.45) is 34.0 Å². The van der Waals surface area contributed by atoms with Gasteiger partial charge in [-0.1, -0.05) is 71.6 Å². The summed E-state index contributed by atoms with van der Waals surface area (Å²) < 4.78 is 90.0. The molecule has 4 bridgehead atoms. The van der Waals surface area contributed by atoms with E-state index >= 15 is 4.79 Å². The smallest absolute Gasteiger partial charge is 0.402 e. The van der Waals surface area contributed by atoms with E-state index in [1.54, 1.807) is 13.8 Å². The topological polar surface area (TPSA) is 206 Å². The quantitative estimate of drug-likeness (QED) is 0.0341. The maximum atomic E-state index is 15.3. The van der Waals surface area contributed by atoms with Crippen LogP contribution in [0, 0.1) is 34.0 Å². The second-order valence-electron chi connectivity index (χ2n) is 22.3. The summed E-state index contributed by atoms with van der Waals surface area (Å²) in [6.07, 6.45) is 13.1. The Morgan fingerprint density at radius 3 is 1.94 bits per heavy atom. The van der Waals surface area contributed by atoms with Crippen LogP contribution in [-0.2, 0) is 57.8 Å². The molecule has 378 valence electrons. The molecule has 6 aliphatic rings. The Labute approximate surface area is 390 Å². The lowest BCUT2D eigenvalue weighted by atomic mass is 9.52. The van der Waals surface area contributed by atoms with Crippen molar-refractivity contribution in [1.29, 1.82) is 0 Å². The number of ether oxygens (including phenoxy) is 5. The number of carbonyl (C=O) groups is 5. The zero-order chi connectivity index (χ0) is 48.8. The molecule has 2 N–H and O–H groups in total. The molecule has 0 amide bonds. The highest BCUT2D eigenvalue weighted by Gasteiger charge is 2.61. The summed E-state index contributed by atoms with van der Waals surface area (Å²) in [7, 11) is -5.95. The van der Waals surface area contributed by atoms with Gasteiger partial charge in [0.2, 0.25) is 6.10 Å². The summed E-state index contributed by atoms with van der Waals surface area (Å²) in [4.78, 5) is 71.0. The van der Waals surface area contributed by atoms with Gasteiger partial charge in [0.05, 0.1) is 34.4 Å². The Morgan fingerprint density at radius 2 is 1.41 bits per heavy atom. The molecule has 1 heterocycles. The first-order valence-corrected chi connectivity index (χ1v) is 26.2. The van der Waals surface area contributed by atoms with Crippen LogP contribution in [-0.4, -0.2) is 89.3 Å². The van der Waals surface area contributed by atoms with E-state index < -0.39 is 110 Å². The number of rotatable bonds is 27. The fourth-order valence-electron chi connectivity index (χ4n) is 12.5. The van der Waals surface area contributed by atoms with Crippen LogP contribution >= 0.6 is 0 Å². The fraction of sp³-hybridized carbons (Fsp3) is 0.898. The number of halogens is 2. The average molecular weight is 961 g/mol. The van der Waals surface area contributed by atoms with Crippen LogP contribution in [0.3, 0.4) is 0 Å². The molecule has 1 aliphatic heterocycles. The van der Waals surface area contributed by atoms with Crippen LogP contribution < -0.4 is 0 Å². The molecule has 0 aromatic heterocycles. The van der Waals surface area contributed by atoms with E-state index in [0.29, 0.717) is 57.8 Å². The van der Waals surface area contributed by atoms with Gasteiger partial charge >= 0.3 is 45.2 Å². The second kappa shape index (κ2) is 21.4. The van der Waals surface area contributed by atoms with Gasteiger partial charge in [-0.15, -0.1) is 0 Å². The van der Waals surface area contributed by atoms with Gasteiger partial charge in [-0.2, -0.15) is 17.2 Å². The number of alkyl halides is 2. The number of aliphatic hydroxyl groups is 1. The third-order valence-corrected chi connectivity index (χ3v) is 16.4. The third kappa shape index (κ3) is 13.4. The van der Waals surface area contributed by atoms with E-state index in [-0.39, 0.29) is 44.1 Å². The molecule has 1 saturated heterocycles. The SMILES string of the molecule is CCCCCCCCCCCC(CC(C)(CC(C)(CC(C)(C)C(=O)OC1(CC)CCCC1)C(=O)OC1CCOC1=O)C(=O)OC12CC3CC(CC(O)(C3)C1)C2)C(=O)OCC(F)(F)S(=O)(=O)O. The van der Waals surface area contributed by atoms with Crippen LogP contribution in [0.25, 0.3) is 0 Å². The van der Waals surface area contributed by atoms with Crippen molar-refractivity contribution in [2.45, 2.75) is 230 Å². The molecular formula is C49H78F2O14S. The van der Waals surface area contributed by atoms with Gasteiger partial charge in [0.15, 0.2) is 6.61 Å². The van der Waals surface area contributed by atoms with Gasteiger partial charge in [0.1, 0.15) is 11.2 Å². The molecule has 6 unspecified atom stereocenters. The Hall–Kier alpha value is -2.92. The van der Waals surface area contributed by atoms with Gasteiger partial charge < -0.3 is 28.8 Å². The molecule has 0 radical (unpaired) electrons. The first-order valence-electron chi connectivity index (χ1n) is 24.8. The molecule has 0 aromatic carbocycles. The van der Waals surface area contributed by atoms with Crippen LogP contribution in [0.15, 0.2) is 0 Å². The minimum Gasteiger partial charge on any atom is -0.463 e. The van der Waals surface area contributed by atoms with Crippen molar-refractivity contribution in [1.82, 2.24) is 0 Å². The lowest BCUT2D eigenvalue weighted by molar-refractivity contribution is -0.227. The molecule has 6 fully saturated rings. The summed E-state index contributed by atoms with van der Waals surface area (Å²) >= 11 is 0. The Bertz CT molecular complexity index is 1830. The first-order chi connectivity index (χ1) is 30.7. The largest absolute Gasteiger partial charge is 0.463 e. The highest BCUT2D eigenvalue weighted by molar-refractivity contribution is 7.86. The Balaban J connectivity index is 1.51. The molecule has 5 aliphatic carbocycles. The molecule has 17 heteroatoms. The molecule has 14 nitrogen and oxygen atoms in total. The molecular weight excluding hydrogens is 883 g/mol. The summed E-state index contributed by atoms with van der Waals surface area (Å²) in [5, 5.41) is 6.80. The minimum absolute atomic E-state index is 0.0180. The first kappa shape index (κ1) is 54.0. The summed E-state index contributed by atoms with van der Waals surface area (Å²) in [6, 6.07) is 0. The van der Waals surface area contributed by atoms with Crippen LogP contribution in [0.5, 0.6) is 0 Å². The van der Waals surface area contributed by atoms with E-state index in [4.69, 9.17) is 23.7 Å². The summed E-state index contributed by atoms with van der Waals surface area (Å²) in [5.74, 6) is -5.35. The number of hydrogen-bond donors (Lipinski definition) is 2. The van der Waals surface area contributed by atoms with Crippen LogP contribution in [0.2, 0.25) is 0 Å². The number of hydrogen-bond acceptors (Lipinski definition) is 13. The maximum Gasteiger partial charge on any atom is 0.402 e. The van der Waals surface area contributed by atoms with Gasteiger partial charge in [-0.25, -0.2) is 4.79 Å². The van der Waals surface area contributed by atoms with Crippen LogP contribution in [0.4, 0.5) is 8.78 Å². The minimum atomic E-state index is -5.95. The second-order valence-corrected chi connectivity index (χ2v) is 23.9. The monoisotopic (exact) mass is 961 g/mol. The zero-order valence-corrected chi connectivity index (χ0v) is 41.2. The summed E-state index contributed by atoms with van der Waals surface area (Å²) in [5.41, 5.74) is -7.72. The lowest BCUT2D eigenvalue weighted by Crippen LogP contribution is -2.61. The predicted octanol–water partition coefficient (Wildman–Crippen LogP) is 9.51. The average Bonchev–Trinajstić information content (AvgIpc) is 3.85. The molecule has 6 rings (SSSR count).